The highest BCUT2D eigenvalue weighted by Gasteiger charge is 2.28. The molecule has 0 saturated carbocycles. The molecule has 1 aromatic carbocycles. The molecule has 1 aromatic rings. The predicted molar refractivity (Wildman–Crippen MR) is 93.9 cm³/mol. The Balaban J connectivity index is 3.00. The number of hydrogen-bond acceptors (Lipinski definition) is 4. The minimum atomic E-state index is -0.955. The third-order valence-electron chi connectivity index (χ3n) is 3.79. The molecule has 2 N–H and O–H groups in total. The van der Waals surface area contributed by atoms with Crippen molar-refractivity contribution < 1.29 is 14.3 Å². The second-order valence-electron chi connectivity index (χ2n) is 7.11. The molecule has 0 bridgehead atoms. The summed E-state index contributed by atoms with van der Waals surface area (Å²) in [6, 6.07) is 8.08. The van der Waals surface area contributed by atoms with E-state index in [9.17, 15) is 4.79 Å². The Morgan fingerprint density at radius 2 is 1.78 bits per heavy atom. The number of nitrogens with two attached hydrogens (primary N) is 1. The number of carbonyl (C=O) groups excluding carboxylic acids is 1. The Hall–Kier alpha value is -1.39. The van der Waals surface area contributed by atoms with Gasteiger partial charge in [-0.05, 0) is 39.7 Å². The molecule has 0 aliphatic carbocycles. The Bertz CT molecular complexity index is 497. The highest BCUT2D eigenvalue weighted by atomic mass is 16.5. The highest BCUT2D eigenvalue weighted by molar-refractivity contribution is 5.63. The van der Waals surface area contributed by atoms with E-state index in [1.807, 2.05) is 39.0 Å². The number of ether oxygens (including phenoxy) is 2. The van der Waals surface area contributed by atoms with E-state index >= 15 is 0 Å². The Kier molecular flexibility index (Phi) is 7.23. The molecule has 0 heterocycles. The molecule has 0 aliphatic heterocycles. The van der Waals surface area contributed by atoms with E-state index < -0.39 is 5.54 Å². The average molecular weight is 321 g/mol. The zero-order valence-corrected chi connectivity index (χ0v) is 15.2. The van der Waals surface area contributed by atoms with Crippen LogP contribution in [0.25, 0.3) is 0 Å². The van der Waals surface area contributed by atoms with Crippen molar-refractivity contribution >= 4 is 6.29 Å². The topological polar surface area (TPSA) is 61.6 Å². The van der Waals surface area contributed by atoms with Gasteiger partial charge in [-0.25, -0.2) is 0 Å². The summed E-state index contributed by atoms with van der Waals surface area (Å²) in [6.07, 6.45) is 0.775. The Morgan fingerprint density at radius 3 is 2.30 bits per heavy atom. The van der Waals surface area contributed by atoms with Crippen LogP contribution in [0.3, 0.4) is 0 Å². The maximum Gasteiger partial charge on any atom is 0.141 e. The number of benzene rings is 1. The highest BCUT2D eigenvalue weighted by Crippen LogP contribution is 2.36. The van der Waals surface area contributed by atoms with E-state index in [-0.39, 0.29) is 24.7 Å². The minimum Gasteiger partial charge on any atom is -0.491 e. The summed E-state index contributed by atoms with van der Waals surface area (Å²) >= 11 is 0. The van der Waals surface area contributed by atoms with Gasteiger partial charge in [-0.15, -0.1) is 0 Å². The van der Waals surface area contributed by atoms with Crippen LogP contribution in [0.15, 0.2) is 24.3 Å². The Morgan fingerprint density at radius 1 is 1.17 bits per heavy atom. The number of aldehydes is 1. The maximum atomic E-state index is 11.0. The van der Waals surface area contributed by atoms with Gasteiger partial charge in [0.25, 0.3) is 0 Å². The number of carbonyl (C=O) groups is 1. The molecule has 1 rings (SSSR count). The lowest BCUT2D eigenvalue weighted by molar-refractivity contribution is -0.114. The van der Waals surface area contributed by atoms with Crippen molar-refractivity contribution in [2.24, 2.45) is 11.7 Å². The van der Waals surface area contributed by atoms with E-state index in [4.69, 9.17) is 15.2 Å². The predicted octanol–water partition coefficient (Wildman–Crippen LogP) is 3.53. The van der Waals surface area contributed by atoms with Crippen molar-refractivity contribution in [2.45, 2.75) is 65.2 Å². The second kappa shape index (κ2) is 8.46. The maximum absolute atomic E-state index is 11.0. The van der Waals surface area contributed by atoms with Crippen molar-refractivity contribution in [3.8, 4) is 5.75 Å². The largest absolute Gasteiger partial charge is 0.491 e. The van der Waals surface area contributed by atoms with Gasteiger partial charge in [-0.2, -0.15) is 0 Å². The molecule has 0 unspecified atom stereocenters. The molecule has 4 heteroatoms. The third kappa shape index (κ3) is 5.96. The van der Waals surface area contributed by atoms with Crippen LogP contribution in [0.5, 0.6) is 5.75 Å². The second-order valence-corrected chi connectivity index (χ2v) is 7.11. The van der Waals surface area contributed by atoms with E-state index in [2.05, 4.69) is 19.9 Å². The van der Waals surface area contributed by atoms with Gasteiger partial charge in [-0.3, -0.25) is 0 Å². The first kappa shape index (κ1) is 19.7. The van der Waals surface area contributed by atoms with Crippen molar-refractivity contribution in [1.29, 1.82) is 0 Å². The first-order valence-corrected chi connectivity index (χ1v) is 8.30. The summed E-state index contributed by atoms with van der Waals surface area (Å²) in [5.41, 5.74) is 6.04. The minimum absolute atomic E-state index is 0.0743. The molecule has 3 atom stereocenters. The molecule has 0 saturated heterocycles. The monoisotopic (exact) mass is 321 g/mol. The van der Waals surface area contributed by atoms with Crippen LogP contribution in [0.2, 0.25) is 0 Å². The SMILES string of the molecule is CC(C)Oc1ccccc1[C@H](C(C)C)[C@H](C)OC[C@@](C)(N)C=O. The molecular formula is C19H31NO3. The molecule has 0 aromatic heterocycles. The van der Waals surface area contributed by atoms with Gasteiger partial charge in [-0.1, -0.05) is 32.0 Å². The molecule has 0 fully saturated rings. The lowest BCUT2D eigenvalue weighted by Gasteiger charge is -2.31. The zero-order chi connectivity index (χ0) is 17.6. The van der Waals surface area contributed by atoms with E-state index in [0.717, 1.165) is 17.6 Å². The van der Waals surface area contributed by atoms with Gasteiger partial charge in [0.15, 0.2) is 0 Å². The number of hydrogen-bond donors (Lipinski definition) is 1. The molecule has 0 radical (unpaired) electrons. The zero-order valence-electron chi connectivity index (χ0n) is 15.2. The molecule has 0 spiro atoms. The fourth-order valence-corrected chi connectivity index (χ4v) is 2.72. The molecule has 0 aliphatic rings. The van der Waals surface area contributed by atoms with Crippen LogP contribution < -0.4 is 10.5 Å². The lowest BCUT2D eigenvalue weighted by atomic mass is 9.83. The summed E-state index contributed by atoms with van der Waals surface area (Å²) < 4.78 is 11.9. The first-order chi connectivity index (χ1) is 10.7. The van der Waals surface area contributed by atoms with Crippen molar-refractivity contribution in [3.63, 3.8) is 0 Å². The van der Waals surface area contributed by atoms with Crippen molar-refractivity contribution in [3.05, 3.63) is 29.8 Å². The summed E-state index contributed by atoms with van der Waals surface area (Å²) in [6.45, 7) is 12.3. The first-order valence-electron chi connectivity index (χ1n) is 8.30. The molecule has 130 valence electrons. The molecule has 4 nitrogen and oxygen atoms in total. The molecule has 0 amide bonds. The Labute approximate surface area is 140 Å². The van der Waals surface area contributed by atoms with Crippen LogP contribution >= 0.6 is 0 Å². The normalized spacial score (nSPS) is 16.9. The molecular weight excluding hydrogens is 290 g/mol. The van der Waals surface area contributed by atoms with E-state index in [0.29, 0.717) is 5.92 Å². The van der Waals surface area contributed by atoms with Crippen molar-refractivity contribution in [2.75, 3.05) is 6.61 Å². The van der Waals surface area contributed by atoms with Crippen LogP contribution in [0, 0.1) is 5.92 Å². The van der Waals surface area contributed by atoms with Gasteiger partial charge < -0.3 is 20.0 Å². The summed E-state index contributed by atoms with van der Waals surface area (Å²) in [5.74, 6) is 1.41. The summed E-state index contributed by atoms with van der Waals surface area (Å²) in [7, 11) is 0. The van der Waals surface area contributed by atoms with E-state index in [1.54, 1.807) is 6.92 Å². The van der Waals surface area contributed by atoms with Gasteiger partial charge in [0.05, 0.1) is 24.4 Å². The summed E-state index contributed by atoms with van der Waals surface area (Å²) in [4.78, 5) is 11.0. The van der Waals surface area contributed by atoms with Crippen LogP contribution in [-0.4, -0.2) is 30.6 Å². The summed E-state index contributed by atoms with van der Waals surface area (Å²) in [5, 5.41) is 0. The third-order valence-corrected chi connectivity index (χ3v) is 3.79. The van der Waals surface area contributed by atoms with Crippen LogP contribution in [0.1, 0.15) is 53.0 Å². The van der Waals surface area contributed by atoms with Crippen LogP contribution in [0.4, 0.5) is 0 Å². The molecule has 23 heavy (non-hydrogen) atoms. The fraction of sp³-hybridized carbons (Fsp3) is 0.632. The van der Waals surface area contributed by atoms with Gasteiger partial charge in [0.1, 0.15) is 12.0 Å². The number of para-hydroxylation sites is 1. The van der Waals surface area contributed by atoms with E-state index in [1.165, 1.54) is 0 Å². The van der Waals surface area contributed by atoms with Gasteiger partial charge >= 0.3 is 0 Å². The van der Waals surface area contributed by atoms with Gasteiger partial charge in [0, 0.05) is 11.5 Å². The standard InChI is InChI=1S/C19H31NO3/c1-13(2)18(15(5)22-12-19(6,20)11-21)16-9-7-8-10-17(16)23-14(3)4/h7-11,13-15,18H,12,20H2,1-6H3/t15-,18+,19-/m0/s1. The fourth-order valence-electron chi connectivity index (χ4n) is 2.72. The van der Waals surface area contributed by atoms with Crippen molar-refractivity contribution in [1.82, 2.24) is 0 Å². The lowest BCUT2D eigenvalue weighted by Crippen LogP contribution is -2.44. The van der Waals surface area contributed by atoms with Gasteiger partial charge in [0.2, 0.25) is 0 Å². The average Bonchev–Trinajstić information content (AvgIpc) is 2.46. The number of rotatable bonds is 9. The quantitative estimate of drug-likeness (QED) is 0.707. The smallest absolute Gasteiger partial charge is 0.141 e. The van der Waals surface area contributed by atoms with Crippen LogP contribution in [-0.2, 0) is 9.53 Å².